The fourth-order valence-electron chi connectivity index (χ4n) is 0.689. The molecule has 3 heteroatoms. The molecule has 1 heterocycles. The van der Waals surface area contributed by atoms with Gasteiger partial charge in [0, 0.05) is 18.9 Å². The highest BCUT2D eigenvalue weighted by atomic mass is 16.2. The van der Waals surface area contributed by atoms with Gasteiger partial charge in [0.25, 0.3) is 0 Å². The van der Waals surface area contributed by atoms with Crippen LogP contribution in [0.5, 0.6) is 0 Å². The van der Waals surface area contributed by atoms with Crippen LogP contribution in [0.1, 0.15) is 12.8 Å². The molecule has 0 aromatic rings. The van der Waals surface area contributed by atoms with Crippen LogP contribution in [-0.2, 0) is 9.59 Å². The van der Waals surface area contributed by atoms with Crippen LogP contribution in [0.4, 0.5) is 0 Å². The second-order valence-corrected chi connectivity index (χ2v) is 1.87. The molecule has 1 amide bonds. The Morgan fingerprint density at radius 3 is 2.88 bits per heavy atom. The topological polar surface area (TPSA) is 46.2 Å². The molecule has 0 aromatic heterocycles. The van der Waals surface area contributed by atoms with Gasteiger partial charge in [0.15, 0.2) is 0 Å². The molecule has 1 N–H and O–H groups in total. The lowest BCUT2D eigenvalue weighted by Gasteiger charge is -2.24. The summed E-state index contributed by atoms with van der Waals surface area (Å²) in [5.41, 5.74) is 0. The molecular formula is C5H7NO2. The van der Waals surface area contributed by atoms with Crippen LogP contribution < -0.4 is 5.32 Å². The molecule has 0 spiro atoms. The predicted octanol–water partition coefficient (Wildman–Crippen LogP) is -0.536. The summed E-state index contributed by atoms with van der Waals surface area (Å²) in [7, 11) is 0. The van der Waals surface area contributed by atoms with Crippen molar-refractivity contribution in [3.05, 3.63) is 0 Å². The zero-order chi connectivity index (χ0) is 5.98. The number of amides is 1. The molecule has 0 aliphatic carbocycles. The minimum atomic E-state index is 0.0526. The lowest BCUT2D eigenvalue weighted by Crippen LogP contribution is -2.48. The Hall–Kier alpha value is -0.860. The number of hydrogen-bond acceptors (Lipinski definition) is 2. The van der Waals surface area contributed by atoms with E-state index in [1.807, 2.05) is 0 Å². The maximum atomic E-state index is 10.2. The van der Waals surface area contributed by atoms with Gasteiger partial charge in [0.2, 0.25) is 5.91 Å². The summed E-state index contributed by atoms with van der Waals surface area (Å²) in [6.07, 6.45) is 1.81. The van der Waals surface area contributed by atoms with Gasteiger partial charge in [-0.25, -0.2) is 0 Å². The molecule has 1 aliphatic rings. The number of carbonyl (C=O) groups excluding carboxylic acids is 2. The van der Waals surface area contributed by atoms with Crippen LogP contribution >= 0.6 is 0 Å². The van der Waals surface area contributed by atoms with Crippen LogP contribution in [0.3, 0.4) is 0 Å². The smallest absolute Gasteiger partial charge is 0.222 e. The van der Waals surface area contributed by atoms with Crippen molar-refractivity contribution in [1.82, 2.24) is 5.32 Å². The average Bonchev–Trinajstić information content (AvgIpc) is 1.64. The first-order valence-corrected chi connectivity index (χ1v) is 2.56. The van der Waals surface area contributed by atoms with Gasteiger partial charge >= 0.3 is 0 Å². The molecule has 1 rings (SSSR count). The Balaban J connectivity index is 2.15. The van der Waals surface area contributed by atoms with Gasteiger partial charge in [-0.15, -0.1) is 0 Å². The summed E-state index contributed by atoms with van der Waals surface area (Å²) >= 11 is 0. The second kappa shape index (κ2) is 1.94. The van der Waals surface area contributed by atoms with Gasteiger partial charge in [-0.2, -0.15) is 0 Å². The minimum Gasteiger partial charge on any atom is -0.352 e. The third-order valence-electron chi connectivity index (χ3n) is 1.18. The van der Waals surface area contributed by atoms with E-state index >= 15 is 0 Å². The van der Waals surface area contributed by atoms with E-state index in [0.29, 0.717) is 12.8 Å². The van der Waals surface area contributed by atoms with Crippen LogP contribution in [0.15, 0.2) is 0 Å². The van der Waals surface area contributed by atoms with Gasteiger partial charge in [0.1, 0.15) is 6.29 Å². The van der Waals surface area contributed by atoms with Crippen LogP contribution in [0.25, 0.3) is 0 Å². The molecule has 0 bridgehead atoms. The fourth-order valence-corrected chi connectivity index (χ4v) is 0.689. The minimum absolute atomic E-state index is 0.0526. The molecular weight excluding hydrogens is 106 g/mol. The number of aldehydes is 1. The first-order valence-electron chi connectivity index (χ1n) is 2.56. The lowest BCUT2D eigenvalue weighted by molar-refractivity contribution is -0.128. The van der Waals surface area contributed by atoms with Crippen molar-refractivity contribution in [3.8, 4) is 0 Å². The average molecular weight is 113 g/mol. The highest BCUT2D eigenvalue weighted by molar-refractivity contribution is 5.83. The monoisotopic (exact) mass is 113 g/mol. The van der Waals surface area contributed by atoms with Crippen molar-refractivity contribution in [2.75, 3.05) is 0 Å². The van der Waals surface area contributed by atoms with E-state index in [-0.39, 0.29) is 11.9 Å². The molecule has 1 atom stereocenters. The van der Waals surface area contributed by atoms with Gasteiger partial charge in [-0.1, -0.05) is 0 Å². The zero-order valence-corrected chi connectivity index (χ0v) is 4.39. The molecule has 0 aromatic carbocycles. The van der Waals surface area contributed by atoms with Crippen molar-refractivity contribution in [3.63, 3.8) is 0 Å². The molecule has 3 nitrogen and oxygen atoms in total. The van der Waals surface area contributed by atoms with E-state index in [1.54, 1.807) is 0 Å². The van der Waals surface area contributed by atoms with Gasteiger partial charge in [-0.3, -0.25) is 4.79 Å². The van der Waals surface area contributed by atoms with E-state index in [2.05, 4.69) is 5.32 Å². The van der Waals surface area contributed by atoms with Crippen LogP contribution in [0, 0.1) is 0 Å². The molecule has 44 valence electrons. The number of nitrogens with one attached hydrogen (secondary N) is 1. The van der Waals surface area contributed by atoms with E-state index in [9.17, 15) is 9.59 Å². The van der Waals surface area contributed by atoms with E-state index < -0.39 is 0 Å². The van der Waals surface area contributed by atoms with E-state index in [0.717, 1.165) is 6.29 Å². The number of β-lactam (4-membered cyclic amide) rings is 1. The number of carbonyl (C=O) groups is 2. The van der Waals surface area contributed by atoms with Crippen molar-refractivity contribution in [2.24, 2.45) is 0 Å². The quantitative estimate of drug-likeness (QED) is 0.386. The third-order valence-corrected chi connectivity index (χ3v) is 1.18. The highest BCUT2D eigenvalue weighted by Gasteiger charge is 2.23. The van der Waals surface area contributed by atoms with Crippen molar-refractivity contribution in [2.45, 2.75) is 18.9 Å². The standard InChI is InChI=1S/C5H7NO2/c7-2-1-4-3-5(8)6-4/h2,4H,1,3H2,(H,6,8)/t4-/m1/s1. The Morgan fingerprint density at radius 2 is 2.50 bits per heavy atom. The molecule has 1 saturated heterocycles. The summed E-state index contributed by atoms with van der Waals surface area (Å²) in [6, 6.07) is 0.139. The van der Waals surface area contributed by atoms with Gasteiger partial charge in [-0.05, 0) is 0 Å². The maximum absolute atomic E-state index is 10.2. The molecule has 0 radical (unpaired) electrons. The molecule has 8 heavy (non-hydrogen) atoms. The van der Waals surface area contributed by atoms with Gasteiger partial charge < -0.3 is 10.1 Å². The first kappa shape index (κ1) is 5.28. The summed E-state index contributed by atoms with van der Waals surface area (Å²) in [6.45, 7) is 0. The summed E-state index contributed by atoms with van der Waals surface area (Å²) in [4.78, 5) is 19.9. The lowest BCUT2D eigenvalue weighted by atomic mass is 10.0. The molecule has 0 unspecified atom stereocenters. The van der Waals surface area contributed by atoms with Crippen LogP contribution in [0.2, 0.25) is 0 Å². The Morgan fingerprint density at radius 1 is 1.88 bits per heavy atom. The summed E-state index contributed by atoms with van der Waals surface area (Å²) in [5, 5.41) is 2.57. The largest absolute Gasteiger partial charge is 0.352 e. The zero-order valence-electron chi connectivity index (χ0n) is 4.39. The van der Waals surface area contributed by atoms with Gasteiger partial charge in [0.05, 0.1) is 0 Å². The van der Waals surface area contributed by atoms with Crippen molar-refractivity contribution < 1.29 is 9.59 Å². The molecule has 1 fully saturated rings. The fraction of sp³-hybridized carbons (Fsp3) is 0.600. The molecule has 0 saturated carbocycles. The Kier molecular flexibility index (Phi) is 1.28. The maximum Gasteiger partial charge on any atom is 0.222 e. The Bertz CT molecular complexity index is 111. The van der Waals surface area contributed by atoms with Crippen molar-refractivity contribution in [1.29, 1.82) is 0 Å². The number of hydrogen-bond donors (Lipinski definition) is 1. The third kappa shape index (κ3) is 0.857. The normalized spacial score (nSPS) is 26.0. The number of rotatable bonds is 2. The predicted molar refractivity (Wildman–Crippen MR) is 27.2 cm³/mol. The SMILES string of the molecule is O=CC[C@@H]1CC(=O)N1. The van der Waals surface area contributed by atoms with E-state index in [4.69, 9.17) is 0 Å². The van der Waals surface area contributed by atoms with E-state index in [1.165, 1.54) is 0 Å². The first-order chi connectivity index (χ1) is 3.83. The summed E-state index contributed by atoms with van der Waals surface area (Å²) in [5.74, 6) is 0.0526. The molecule has 1 aliphatic heterocycles. The Labute approximate surface area is 47.1 Å². The van der Waals surface area contributed by atoms with Crippen LogP contribution in [-0.4, -0.2) is 18.2 Å². The van der Waals surface area contributed by atoms with Crippen molar-refractivity contribution >= 4 is 12.2 Å². The highest BCUT2D eigenvalue weighted by Crippen LogP contribution is 2.05. The summed E-state index contributed by atoms with van der Waals surface area (Å²) < 4.78 is 0. The second-order valence-electron chi connectivity index (χ2n) is 1.87.